The summed E-state index contributed by atoms with van der Waals surface area (Å²) >= 11 is 0. The van der Waals surface area contributed by atoms with Crippen LogP contribution >= 0.6 is 0 Å². The molecule has 23 heavy (non-hydrogen) atoms. The SMILES string of the molecule is O=C(c1ccccc1-n1cnnn1)N1CC[C@@H]2CNC[C@@H]2CC1. The van der Waals surface area contributed by atoms with Gasteiger partial charge in [0.2, 0.25) is 0 Å². The molecule has 1 aromatic heterocycles. The van der Waals surface area contributed by atoms with Crippen LogP contribution in [0.1, 0.15) is 23.2 Å². The Labute approximate surface area is 134 Å². The van der Waals surface area contributed by atoms with Gasteiger partial charge in [-0.25, -0.2) is 0 Å². The van der Waals surface area contributed by atoms with Crippen molar-refractivity contribution in [3.05, 3.63) is 36.2 Å². The summed E-state index contributed by atoms with van der Waals surface area (Å²) in [5, 5.41) is 14.7. The van der Waals surface area contributed by atoms with Crippen molar-refractivity contribution in [2.45, 2.75) is 12.8 Å². The average molecular weight is 312 g/mol. The Morgan fingerprint density at radius 2 is 1.87 bits per heavy atom. The number of aromatic nitrogens is 4. The van der Waals surface area contributed by atoms with Crippen LogP contribution in [-0.4, -0.2) is 57.2 Å². The first-order valence-electron chi connectivity index (χ1n) is 8.15. The lowest BCUT2D eigenvalue weighted by Gasteiger charge is -2.22. The van der Waals surface area contributed by atoms with Gasteiger partial charge in [0.15, 0.2) is 0 Å². The highest BCUT2D eigenvalue weighted by atomic mass is 16.2. The number of nitrogens with zero attached hydrogens (tertiary/aromatic N) is 5. The van der Waals surface area contributed by atoms with Gasteiger partial charge in [-0.2, -0.15) is 4.68 Å². The Morgan fingerprint density at radius 1 is 1.13 bits per heavy atom. The summed E-state index contributed by atoms with van der Waals surface area (Å²) in [6, 6.07) is 7.51. The maximum atomic E-state index is 13.0. The second kappa shape index (κ2) is 6.08. The summed E-state index contributed by atoms with van der Waals surface area (Å²) in [5.74, 6) is 1.49. The molecule has 3 heterocycles. The zero-order chi connectivity index (χ0) is 15.6. The predicted octanol–water partition coefficient (Wildman–Crippen LogP) is 0.734. The number of hydrogen-bond donors (Lipinski definition) is 1. The van der Waals surface area contributed by atoms with Gasteiger partial charge in [0.25, 0.3) is 5.91 Å². The molecule has 2 aliphatic heterocycles. The van der Waals surface area contributed by atoms with Gasteiger partial charge in [-0.05, 0) is 60.3 Å². The molecule has 7 heteroatoms. The van der Waals surface area contributed by atoms with E-state index in [1.165, 1.54) is 6.33 Å². The minimum Gasteiger partial charge on any atom is -0.339 e. The molecule has 1 amide bonds. The predicted molar refractivity (Wildman–Crippen MR) is 84.1 cm³/mol. The summed E-state index contributed by atoms with van der Waals surface area (Å²) in [6.45, 7) is 3.83. The molecule has 120 valence electrons. The van der Waals surface area contributed by atoms with Gasteiger partial charge >= 0.3 is 0 Å². The van der Waals surface area contributed by atoms with Gasteiger partial charge < -0.3 is 10.2 Å². The van der Waals surface area contributed by atoms with E-state index in [0.29, 0.717) is 17.4 Å². The average Bonchev–Trinajstić information content (AvgIpc) is 3.23. The molecular formula is C16H20N6O. The zero-order valence-corrected chi connectivity index (χ0v) is 12.9. The van der Waals surface area contributed by atoms with Gasteiger partial charge in [-0.1, -0.05) is 12.1 Å². The number of rotatable bonds is 2. The number of benzene rings is 1. The number of carbonyl (C=O) groups is 1. The van der Waals surface area contributed by atoms with Crippen molar-refractivity contribution in [2.75, 3.05) is 26.2 Å². The molecule has 0 bridgehead atoms. The summed E-state index contributed by atoms with van der Waals surface area (Å²) in [5.41, 5.74) is 1.39. The number of nitrogens with one attached hydrogen (secondary N) is 1. The fourth-order valence-electron chi connectivity index (χ4n) is 3.72. The fourth-order valence-corrected chi connectivity index (χ4v) is 3.72. The molecule has 2 saturated heterocycles. The second-order valence-corrected chi connectivity index (χ2v) is 6.32. The molecule has 2 fully saturated rings. The summed E-state index contributed by atoms with van der Waals surface area (Å²) in [7, 11) is 0. The van der Waals surface area contributed by atoms with Crippen LogP contribution in [0.5, 0.6) is 0 Å². The maximum Gasteiger partial charge on any atom is 0.256 e. The number of para-hydroxylation sites is 1. The zero-order valence-electron chi connectivity index (χ0n) is 12.9. The summed E-state index contributed by atoms with van der Waals surface area (Å²) < 4.78 is 1.55. The van der Waals surface area contributed by atoms with Gasteiger partial charge in [-0.15, -0.1) is 5.10 Å². The van der Waals surface area contributed by atoms with Crippen LogP contribution in [0.4, 0.5) is 0 Å². The van der Waals surface area contributed by atoms with Crippen molar-refractivity contribution in [3.8, 4) is 5.69 Å². The Kier molecular flexibility index (Phi) is 3.78. The van der Waals surface area contributed by atoms with Crippen molar-refractivity contribution in [2.24, 2.45) is 11.8 Å². The number of amides is 1. The van der Waals surface area contributed by atoms with E-state index >= 15 is 0 Å². The highest BCUT2D eigenvalue weighted by Gasteiger charge is 2.32. The lowest BCUT2D eigenvalue weighted by Crippen LogP contribution is -2.33. The Bertz CT molecular complexity index is 672. The van der Waals surface area contributed by atoms with E-state index in [1.807, 2.05) is 29.2 Å². The molecule has 1 N–H and O–H groups in total. The number of carbonyl (C=O) groups excluding carboxylic acids is 1. The van der Waals surface area contributed by atoms with E-state index < -0.39 is 0 Å². The number of tetrazole rings is 1. The second-order valence-electron chi connectivity index (χ2n) is 6.32. The largest absolute Gasteiger partial charge is 0.339 e. The van der Waals surface area contributed by atoms with Gasteiger partial charge in [0.1, 0.15) is 6.33 Å². The molecule has 7 nitrogen and oxygen atoms in total. The topological polar surface area (TPSA) is 75.9 Å². The van der Waals surface area contributed by atoms with Gasteiger partial charge in [0, 0.05) is 13.1 Å². The third kappa shape index (κ3) is 2.72. The van der Waals surface area contributed by atoms with Crippen LogP contribution in [0.25, 0.3) is 5.69 Å². The van der Waals surface area contributed by atoms with Crippen LogP contribution in [0.15, 0.2) is 30.6 Å². The minimum atomic E-state index is 0.0732. The molecule has 0 spiro atoms. The normalized spacial score (nSPS) is 24.3. The van der Waals surface area contributed by atoms with E-state index in [9.17, 15) is 4.79 Å². The molecule has 2 aromatic rings. The van der Waals surface area contributed by atoms with E-state index in [1.54, 1.807) is 4.68 Å². The third-order valence-electron chi connectivity index (χ3n) is 5.04. The van der Waals surface area contributed by atoms with Crippen molar-refractivity contribution >= 4 is 5.91 Å². The molecule has 0 saturated carbocycles. The molecular weight excluding hydrogens is 292 g/mol. The Hall–Kier alpha value is -2.28. The molecule has 2 aliphatic rings. The number of fused-ring (bicyclic) bond motifs is 1. The molecule has 0 radical (unpaired) electrons. The molecule has 0 aliphatic carbocycles. The highest BCUT2D eigenvalue weighted by Crippen LogP contribution is 2.28. The van der Waals surface area contributed by atoms with E-state index in [0.717, 1.165) is 44.7 Å². The molecule has 0 unspecified atom stereocenters. The van der Waals surface area contributed by atoms with Gasteiger partial charge in [0.05, 0.1) is 11.3 Å². The summed E-state index contributed by atoms with van der Waals surface area (Å²) in [4.78, 5) is 15.0. The molecule has 1 aromatic carbocycles. The number of likely N-dealkylation sites (tertiary alicyclic amines) is 1. The van der Waals surface area contributed by atoms with Gasteiger partial charge in [-0.3, -0.25) is 4.79 Å². The Morgan fingerprint density at radius 3 is 2.57 bits per heavy atom. The first kappa shape index (κ1) is 14.3. The number of hydrogen-bond acceptors (Lipinski definition) is 5. The summed E-state index contributed by atoms with van der Waals surface area (Å²) in [6.07, 6.45) is 3.68. The Balaban J connectivity index is 1.58. The third-order valence-corrected chi connectivity index (χ3v) is 5.04. The first-order chi connectivity index (χ1) is 11.3. The van der Waals surface area contributed by atoms with Crippen molar-refractivity contribution in [1.82, 2.24) is 30.4 Å². The van der Waals surface area contributed by atoms with Crippen molar-refractivity contribution < 1.29 is 4.79 Å². The lowest BCUT2D eigenvalue weighted by atomic mass is 9.92. The lowest BCUT2D eigenvalue weighted by molar-refractivity contribution is 0.0758. The quantitative estimate of drug-likeness (QED) is 0.885. The van der Waals surface area contributed by atoms with Crippen LogP contribution in [0.2, 0.25) is 0 Å². The maximum absolute atomic E-state index is 13.0. The van der Waals surface area contributed by atoms with Crippen LogP contribution in [-0.2, 0) is 0 Å². The van der Waals surface area contributed by atoms with Crippen LogP contribution in [0, 0.1) is 11.8 Å². The van der Waals surface area contributed by atoms with Crippen LogP contribution < -0.4 is 5.32 Å². The van der Waals surface area contributed by atoms with Crippen LogP contribution in [0.3, 0.4) is 0 Å². The first-order valence-corrected chi connectivity index (χ1v) is 8.15. The smallest absolute Gasteiger partial charge is 0.256 e. The van der Waals surface area contributed by atoms with E-state index in [-0.39, 0.29) is 5.91 Å². The highest BCUT2D eigenvalue weighted by molar-refractivity contribution is 5.97. The van der Waals surface area contributed by atoms with E-state index in [2.05, 4.69) is 20.8 Å². The van der Waals surface area contributed by atoms with E-state index in [4.69, 9.17) is 0 Å². The monoisotopic (exact) mass is 312 g/mol. The molecule has 2 atom stereocenters. The fraction of sp³-hybridized carbons (Fsp3) is 0.500. The standard InChI is InChI=1S/C16H20N6O/c23-16(21-7-5-12-9-17-10-13(12)6-8-21)14-3-1-2-4-15(14)22-11-18-19-20-22/h1-4,11-13,17H,5-10H2/t12-,13+. The van der Waals surface area contributed by atoms with Crippen molar-refractivity contribution in [3.63, 3.8) is 0 Å². The molecule has 4 rings (SSSR count). The van der Waals surface area contributed by atoms with Crippen molar-refractivity contribution in [1.29, 1.82) is 0 Å². The minimum absolute atomic E-state index is 0.0732.